The number of ether oxygens (including phenoxy) is 2. The van der Waals surface area contributed by atoms with Gasteiger partial charge in [0.2, 0.25) is 0 Å². The topological polar surface area (TPSA) is 33.7 Å². The van der Waals surface area contributed by atoms with Gasteiger partial charge in [-0.25, -0.2) is 0 Å². The molecule has 0 saturated carbocycles. The summed E-state index contributed by atoms with van der Waals surface area (Å²) in [6, 6.07) is 0. The molecule has 0 spiro atoms. The quantitative estimate of drug-likeness (QED) is 0.589. The maximum atomic E-state index is 5.52. The summed E-state index contributed by atoms with van der Waals surface area (Å²) in [6.07, 6.45) is 3.86. The van der Waals surface area contributed by atoms with E-state index in [2.05, 4.69) is 24.1 Å². The van der Waals surface area contributed by atoms with Crippen molar-refractivity contribution in [2.45, 2.75) is 33.1 Å². The maximum absolute atomic E-state index is 5.52. The molecule has 20 heavy (non-hydrogen) atoms. The molecule has 0 radical (unpaired) electrons. The number of likely N-dealkylation sites (tertiary alicyclic amines) is 1. The fraction of sp³-hybridized carbons (Fsp3) is 1.00. The molecule has 120 valence electrons. The first-order valence-corrected chi connectivity index (χ1v) is 8.22. The Morgan fingerprint density at radius 2 is 2.10 bits per heavy atom. The minimum Gasteiger partial charge on any atom is -0.382 e. The van der Waals surface area contributed by atoms with Gasteiger partial charge in [-0.1, -0.05) is 13.8 Å². The number of hydrogen-bond acceptors (Lipinski definition) is 4. The fourth-order valence-corrected chi connectivity index (χ4v) is 2.73. The summed E-state index contributed by atoms with van der Waals surface area (Å²) in [4.78, 5) is 2.60. The predicted molar refractivity (Wildman–Crippen MR) is 84.2 cm³/mol. The standard InChI is InChI=1S/C16H34N2O2/c1-15(2)12-17-13-16-6-4-7-18(14-16)8-5-9-20-11-10-19-3/h15-17H,4-14H2,1-3H3. The van der Waals surface area contributed by atoms with E-state index in [1.807, 2.05) is 0 Å². The molecule has 0 bridgehead atoms. The van der Waals surface area contributed by atoms with Crippen LogP contribution in [0.5, 0.6) is 0 Å². The lowest BCUT2D eigenvalue weighted by atomic mass is 9.97. The van der Waals surface area contributed by atoms with Gasteiger partial charge in [0.1, 0.15) is 0 Å². The molecule has 4 heteroatoms. The molecule has 1 fully saturated rings. The number of hydrogen-bond donors (Lipinski definition) is 1. The summed E-state index contributed by atoms with van der Waals surface area (Å²) in [7, 11) is 1.71. The van der Waals surface area contributed by atoms with Gasteiger partial charge in [-0.2, -0.15) is 0 Å². The fourth-order valence-electron chi connectivity index (χ4n) is 2.73. The molecule has 0 aromatic heterocycles. The molecule has 1 rings (SSSR count). The van der Waals surface area contributed by atoms with Crippen LogP contribution in [0.4, 0.5) is 0 Å². The van der Waals surface area contributed by atoms with Crippen LogP contribution in [0.3, 0.4) is 0 Å². The van der Waals surface area contributed by atoms with E-state index < -0.39 is 0 Å². The van der Waals surface area contributed by atoms with Crippen LogP contribution in [-0.4, -0.2) is 64.6 Å². The summed E-state index contributed by atoms with van der Waals surface area (Å²) >= 11 is 0. The van der Waals surface area contributed by atoms with Gasteiger partial charge in [-0.05, 0) is 50.7 Å². The lowest BCUT2D eigenvalue weighted by Crippen LogP contribution is -2.40. The van der Waals surface area contributed by atoms with Crippen molar-refractivity contribution >= 4 is 0 Å². The SMILES string of the molecule is COCCOCCCN1CCCC(CNCC(C)C)C1. The highest BCUT2D eigenvalue weighted by Crippen LogP contribution is 2.15. The zero-order valence-electron chi connectivity index (χ0n) is 13.7. The molecule has 0 aromatic rings. The van der Waals surface area contributed by atoms with Crippen LogP contribution < -0.4 is 5.32 Å². The second kappa shape index (κ2) is 11.5. The smallest absolute Gasteiger partial charge is 0.0700 e. The number of nitrogens with zero attached hydrogens (tertiary/aromatic N) is 1. The Morgan fingerprint density at radius 1 is 1.25 bits per heavy atom. The van der Waals surface area contributed by atoms with Crippen LogP contribution in [0.25, 0.3) is 0 Å². The summed E-state index contributed by atoms with van der Waals surface area (Å²) in [5.74, 6) is 1.58. The normalized spacial score (nSPS) is 20.7. The third-order valence-corrected chi connectivity index (χ3v) is 3.78. The number of methoxy groups -OCH3 is 1. The number of rotatable bonds is 11. The first kappa shape index (κ1) is 17.9. The van der Waals surface area contributed by atoms with Crippen LogP contribution in [-0.2, 0) is 9.47 Å². The van der Waals surface area contributed by atoms with E-state index in [-0.39, 0.29) is 0 Å². The first-order chi connectivity index (χ1) is 9.72. The zero-order valence-corrected chi connectivity index (χ0v) is 13.7. The number of piperidine rings is 1. The molecule has 1 aliphatic rings. The summed E-state index contributed by atoms with van der Waals surface area (Å²) in [5.41, 5.74) is 0. The van der Waals surface area contributed by atoms with Crippen molar-refractivity contribution in [1.82, 2.24) is 10.2 Å². The third-order valence-electron chi connectivity index (χ3n) is 3.78. The van der Waals surface area contributed by atoms with Crippen LogP contribution in [0.1, 0.15) is 33.1 Å². The lowest BCUT2D eigenvalue weighted by molar-refractivity contribution is 0.0623. The zero-order chi connectivity index (χ0) is 14.6. The van der Waals surface area contributed by atoms with E-state index in [1.165, 1.54) is 39.0 Å². The van der Waals surface area contributed by atoms with Crippen molar-refractivity contribution in [3.05, 3.63) is 0 Å². The summed E-state index contributed by atoms with van der Waals surface area (Å²) in [5, 5.41) is 3.60. The molecule has 4 nitrogen and oxygen atoms in total. The molecule has 1 heterocycles. The Labute approximate surface area is 125 Å². The van der Waals surface area contributed by atoms with Gasteiger partial charge < -0.3 is 19.7 Å². The minimum absolute atomic E-state index is 0.702. The Balaban J connectivity index is 2.02. The Morgan fingerprint density at radius 3 is 2.85 bits per heavy atom. The second-order valence-corrected chi connectivity index (χ2v) is 6.32. The van der Waals surface area contributed by atoms with Gasteiger partial charge in [0.15, 0.2) is 0 Å². The Bertz CT molecular complexity index is 225. The number of nitrogens with one attached hydrogen (secondary N) is 1. The second-order valence-electron chi connectivity index (χ2n) is 6.32. The van der Waals surface area contributed by atoms with E-state index in [1.54, 1.807) is 7.11 Å². The largest absolute Gasteiger partial charge is 0.382 e. The van der Waals surface area contributed by atoms with Gasteiger partial charge in [-0.15, -0.1) is 0 Å². The highest BCUT2D eigenvalue weighted by molar-refractivity contribution is 4.74. The van der Waals surface area contributed by atoms with Crippen LogP contribution in [0.15, 0.2) is 0 Å². The van der Waals surface area contributed by atoms with Gasteiger partial charge in [0, 0.05) is 26.8 Å². The van der Waals surface area contributed by atoms with E-state index in [9.17, 15) is 0 Å². The van der Waals surface area contributed by atoms with Crippen molar-refractivity contribution in [3.8, 4) is 0 Å². The van der Waals surface area contributed by atoms with E-state index in [0.29, 0.717) is 6.61 Å². The third kappa shape index (κ3) is 8.90. The molecular formula is C16H34N2O2. The van der Waals surface area contributed by atoms with Crippen LogP contribution >= 0.6 is 0 Å². The minimum atomic E-state index is 0.702. The molecule has 0 amide bonds. The van der Waals surface area contributed by atoms with Gasteiger partial charge in [0.25, 0.3) is 0 Å². The van der Waals surface area contributed by atoms with Crippen molar-refractivity contribution < 1.29 is 9.47 Å². The van der Waals surface area contributed by atoms with Crippen LogP contribution in [0.2, 0.25) is 0 Å². The van der Waals surface area contributed by atoms with Crippen molar-refractivity contribution in [1.29, 1.82) is 0 Å². The molecule has 1 N–H and O–H groups in total. The van der Waals surface area contributed by atoms with Gasteiger partial charge in [-0.3, -0.25) is 0 Å². The Kier molecular flexibility index (Phi) is 10.3. The predicted octanol–water partition coefficient (Wildman–Crippen LogP) is 2.00. The van der Waals surface area contributed by atoms with Crippen molar-refractivity contribution in [3.63, 3.8) is 0 Å². The molecule has 0 aliphatic carbocycles. The van der Waals surface area contributed by atoms with E-state index in [0.717, 1.165) is 38.0 Å². The highest BCUT2D eigenvalue weighted by Gasteiger charge is 2.19. The van der Waals surface area contributed by atoms with Gasteiger partial charge in [0.05, 0.1) is 13.2 Å². The molecule has 1 unspecified atom stereocenters. The average Bonchev–Trinajstić information content (AvgIpc) is 2.43. The van der Waals surface area contributed by atoms with Crippen LogP contribution in [0, 0.1) is 11.8 Å². The lowest BCUT2D eigenvalue weighted by Gasteiger charge is -2.33. The molecule has 1 aliphatic heterocycles. The molecule has 1 atom stereocenters. The highest BCUT2D eigenvalue weighted by atomic mass is 16.5. The monoisotopic (exact) mass is 286 g/mol. The summed E-state index contributed by atoms with van der Waals surface area (Å²) in [6.45, 7) is 12.8. The molecular weight excluding hydrogens is 252 g/mol. The maximum Gasteiger partial charge on any atom is 0.0700 e. The van der Waals surface area contributed by atoms with E-state index >= 15 is 0 Å². The van der Waals surface area contributed by atoms with E-state index in [4.69, 9.17) is 9.47 Å². The van der Waals surface area contributed by atoms with Crippen molar-refractivity contribution in [2.75, 3.05) is 59.7 Å². The molecule has 1 saturated heterocycles. The summed E-state index contributed by atoms with van der Waals surface area (Å²) < 4.78 is 10.5. The molecule has 0 aromatic carbocycles. The average molecular weight is 286 g/mol. The van der Waals surface area contributed by atoms with Crippen molar-refractivity contribution in [2.24, 2.45) is 11.8 Å². The first-order valence-electron chi connectivity index (χ1n) is 8.22. The van der Waals surface area contributed by atoms with Gasteiger partial charge >= 0.3 is 0 Å². The Hall–Kier alpha value is -0.160.